The van der Waals surface area contributed by atoms with E-state index in [0.717, 1.165) is 0 Å². The lowest BCUT2D eigenvalue weighted by Crippen LogP contribution is -2.30. The van der Waals surface area contributed by atoms with Gasteiger partial charge in [-0.1, -0.05) is 0 Å². The maximum Gasteiger partial charge on any atom is 0.320 e. The standard InChI is InChI=1S/C7H15N3O2S/c8-5(7(11)12)2-1-3-10-6(9)4-13/h5,13H,1-4,8H2,(H2,9,10)(H,11,12)/p-1/t5-/m0/s1. The molecule has 0 bridgehead atoms. The molecule has 0 radical (unpaired) electrons. The molecule has 0 aliphatic rings. The number of carboxylic acid groups (broad SMARTS) is 1. The summed E-state index contributed by atoms with van der Waals surface area (Å²) in [5.74, 6) is -0.260. The molecular weight excluding hydrogens is 190 g/mol. The summed E-state index contributed by atoms with van der Waals surface area (Å²) < 4.78 is 0. The van der Waals surface area contributed by atoms with Crippen LogP contribution < -0.4 is 11.5 Å². The molecule has 0 amide bonds. The fourth-order valence-corrected chi connectivity index (χ4v) is 0.794. The number of aliphatic imine (C=N–C) groups is 1. The fourth-order valence-electron chi connectivity index (χ4n) is 0.703. The normalized spacial score (nSPS) is 14.2. The van der Waals surface area contributed by atoms with E-state index in [9.17, 15) is 4.79 Å². The first kappa shape index (κ1) is 12.2. The van der Waals surface area contributed by atoms with E-state index < -0.39 is 12.0 Å². The van der Waals surface area contributed by atoms with E-state index in [0.29, 0.717) is 31.0 Å². The van der Waals surface area contributed by atoms with Gasteiger partial charge in [0, 0.05) is 6.54 Å². The van der Waals surface area contributed by atoms with Crippen molar-refractivity contribution in [3.05, 3.63) is 0 Å². The number of nitrogens with two attached hydrogens (primary N) is 2. The first-order valence-corrected chi connectivity index (χ1v) is 4.51. The highest BCUT2D eigenvalue weighted by atomic mass is 32.1. The van der Waals surface area contributed by atoms with Gasteiger partial charge in [0.15, 0.2) is 0 Å². The minimum atomic E-state index is -0.986. The molecule has 6 heteroatoms. The van der Waals surface area contributed by atoms with Gasteiger partial charge in [0.2, 0.25) is 0 Å². The van der Waals surface area contributed by atoms with Gasteiger partial charge in [-0.25, -0.2) is 0 Å². The summed E-state index contributed by atoms with van der Waals surface area (Å²) in [6.45, 7) is 0.490. The molecular formula is C7H14N3O2S-. The van der Waals surface area contributed by atoms with Crippen LogP contribution in [0.5, 0.6) is 0 Å². The quantitative estimate of drug-likeness (QED) is 0.225. The van der Waals surface area contributed by atoms with Crippen LogP contribution in [0.1, 0.15) is 12.8 Å². The van der Waals surface area contributed by atoms with Gasteiger partial charge >= 0.3 is 5.97 Å². The van der Waals surface area contributed by atoms with Crippen molar-refractivity contribution in [2.24, 2.45) is 16.5 Å². The average molecular weight is 204 g/mol. The second-order valence-electron chi connectivity index (χ2n) is 2.60. The zero-order valence-electron chi connectivity index (χ0n) is 7.27. The van der Waals surface area contributed by atoms with E-state index in [1.165, 1.54) is 0 Å². The topological polar surface area (TPSA) is 102 Å². The van der Waals surface area contributed by atoms with Crippen LogP contribution in [-0.4, -0.2) is 35.3 Å². The molecule has 5 nitrogen and oxygen atoms in total. The molecule has 0 heterocycles. The summed E-state index contributed by atoms with van der Waals surface area (Å²) in [4.78, 5) is 14.2. The third-order valence-corrected chi connectivity index (χ3v) is 1.75. The maximum atomic E-state index is 10.3. The summed E-state index contributed by atoms with van der Waals surface area (Å²) in [6, 6.07) is -0.806. The Bertz CT molecular complexity index is 196. The van der Waals surface area contributed by atoms with Crippen LogP contribution in [-0.2, 0) is 17.4 Å². The van der Waals surface area contributed by atoms with Crippen molar-refractivity contribution in [1.29, 1.82) is 0 Å². The van der Waals surface area contributed by atoms with Crippen LogP contribution in [0.25, 0.3) is 0 Å². The number of carbonyl (C=O) groups is 1. The first-order chi connectivity index (χ1) is 6.07. The summed E-state index contributed by atoms with van der Waals surface area (Å²) in [6.07, 6.45) is 1.02. The number of hydrogen-bond donors (Lipinski definition) is 3. The van der Waals surface area contributed by atoms with Gasteiger partial charge in [-0.05, 0) is 12.8 Å². The van der Waals surface area contributed by atoms with Crippen LogP contribution in [0.4, 0.5) is 0 Å². The largest absolute Gasteiger partial charge is 0.785 e. The van der Waals surface area contributed by atoms with Crippen LogP contribution in [0.3, 0.4) is 0 Å². The SMILES string of the molecule is NC(C[S-])=NCCC[C@H](N)C(=O)O. The molecule has 0 spiro atoms. The lowest BCUT2D eigenvalue weighted by atomic mass is 10.2. The molecule has 0 unspecified atom stereocenters. The Kier molecular flexibility index (Phi) is 6.34. The predicted octanol–water partition coefficient (Wildman–Crippen LogP) is -0.917. The van der Waals surface area contributed by atoms with Gasteiger partial charge in [0.1, 0.15) is 6.04 Å². The number of carboxylic acids is 1. The molecule has 5 N–H and O–H groups in total. The molecule has 0 rings (SSSR count). The Morgan fingerprint density at radius 1 is 1.62 bits per heavy atom. The van der Waals surface area contributed by atoms with Gasteiger partial charge in [-0.2, -0.15) is 0 Å². The molecule has 0 aromatic heterocycles. The van der Waals surface area contributed by atoms with E-state index >= 15 is 0 Å². The smallest absolute Gasteiger partial charge is 0.320 e. The van der Waals surface area contributed by atoms with Gasteiger partial charge in [0.05, 0.1) is 5.84 Å². The van der Waals surface area contributed by atoms with E-state index in [4.69, 9.17) is 16.6 Å². The lowest BCUT2D eigenvalue weighted by Gasteiger charge is -2.05. The Labute approximate surface area is 82.6 Å². The van der Waals surface area contributed by atoms with Crippen molar-refractivity contribution in [2.45, 2.75) is 18.9 Å². The van der Waals surface area contributed by atoms with Crippen LogP contribution in [0.15, 0.2) is 4.99 Å². The van der Waals surface area contributed by atoms with Crippen LogP contribution in [0, 0.1) is 0 Å². The number of hydrogen-bond acceptors (Lipinski definition) is 4. The van der Waals surface area contributed by atoms with E-state index in [1.54, 1.807) is 0 Å². The molecule has 1 atom stereocenters. The molecule has 13 heavy (non-hydrogen) atoms. The molecule has 0 aromatic carbocycles. The first-order valence-electron chi connectivity index (χ1n) is 3.93. The summed E-state index contributed by atoms with van der Waals surface area (Å²) in [7, 11) is 0. The molecule has 76 valence electrons. The Hall–Kier alpha value is -0.750. The highest BCUT2D eigenvalue weighted by molar-refractivity contribution is 7.59. The van der Waals surface area contributed by atoms with E-state index in [2.05, 4.69) is 17.6 Å². The minimum absolute atomic E-state index is 0.311. The number of aliphatic carboxylic acids is 1. The molecule has 0 aliphatic carbocycles. The van der Waals surface area contributed by atoms with Gasteiger partial charge < -0.3 is 29.2 Å². The fraction of sp³-hybridized carbons (Fsp3) is 0.714. The van der Waals surface area contributed by atoms with Crippen LogP contribution >= 0.6 is 0 Å². The maximum absolute atomic E-state index is 10.3. The second-order valence-corrected chi connectivity index (χ2v) is 2.89. The van der Waals surface area contributed by atoms with Gasteiger partial charge in [-0.15, -0.1) is 5.75 Å². The third kappa shape index (κ3) is 6.41. The van der Waals surface area contributed by atoms with Crippen molar-refractivity contribution in [1.82, 2.24) is 0 Å². The second kappa shape index (κ2) is 6.73. The van der Waals surface area contributed by atoms with Gasteiger partial charge in [-0.3, -0.25) is 9.79 Å². The monoisotopic (exact) mass is 204 g/mol. The predicted molar refractivity (Wildman–Crippen MR) is 53.6 cm³/mol. The summed E-state index contributed by atoms with van der Waals surface area (Å²) in [5.41, 5.74) is 10.6. The Morgan fingerprint density at radius 3 is 2.69 bits per heavy atom. The van der Waals surface area contributed by atoms with Crippen molar-refractivity contribution in [3.63, 3.8) is 0 Å². The zero-order valence-corrected chi connectivity index (χ0v) is 8.09. The molecule has 0 aliphatic heterocycles. The number of amidine groups is 1. The lowest BCUT2D eigenvalue weighted by molar-refractivity contribution is -0.138. The highest BCUT2D eigenvalue weighted by Gasteiger charge is 2.09. The summed E-state index contributed by atoms with van der Waals surface area (Å²) in [5, 5.41) is 8.43. The Balaban J connectivity index is 3.51. The number of nitrogens with zero attached hydrogens (tertiary/aromatic N) is 1. The van der Waals surface area contributed by atoms with Gasteiger partial charge in [0.25, 0.3) is 0 Å². The molecule has 0 saturated heterocycles. The summed E-state index contributed by atoms with van der Waals surface area (Å²) >= 11 is 4.64. The highest BCUT2D eigenvalue weighted by Crippen LogP contribution is 1.94. The molecule has 0 aromatic rings. The zero-order chi connectivity index (χ0) is 10.3. The molecule has 0 fully saturated rings. The van der Waals surface area contributed by atoms with E-state index in [1.807, 2.05) is 0 Å². The molecule has 0 saturated carbocycles. The number of rotatable bonds is 6. The van der Waals surface area contributed by atoms with E-state index in [-0.39, 0.29) is 0 Å². The average Bonchev–Trinajstić information content (AvgIpc) is 2.11. The van der Waals surface area contributed by atoms with Crippen molar-refractivity contribution in [2.75, 3.05) is 12.3 Å². The minimum Gasteiger partial charge on any atom is -0.785 e. The van der Waals surface area contributed by atoms with Crippen molar-refractivity contribution < 1.29 is 9.90 Å². The third-order valence-electron chi connectivity index (χ3n) is 1.45. The Morgan fingerprint density at radius 2 is 2.23 bits per heavy atom. The van der Waals surface area contributed by atoms with Crippen molar-refractivity contribution >= 4 is 24.4 Å². The van der Waals surface area contributed by atoms with Crippen molar-refractivity contribution in [3.8, 4) is 0 Å². The van der Waals surface area contributed by atoms with Crippen LogP contribution in [0.2, 0.25) is 0 Å².